The van der Waals surface area contributed by atoms with Crippen molar-refractivity contribution in [2.45, 2.75) is 25.7 Å². The molecule has 4 heterocycles. The normalized spacial score (nSPS) is 15.7. The maximum Gasteiger partial charge on any atom is 0.291 e. The average Bonchev–Trinajstić information content (AvgIpc) is 3.51. The molecule has 2 aromatic heterocycles. The molecule has 0 saturated carbocycles. The molecule has 0 unspecified atom stereocenters. The van der Waals surface area contributed by atoms with Crippen LogP contribution in [-0.4, -0.2) is 35.5 Å². The van der Waals surface area contributed by atoms with Crippen LogP contribution in [0, 0.1) is 5.92 Å². The summed E-state index contributed by atoms with van der Waals surface area (Å²) in [5.41, 5.74) is 3.99. The van der Waals surface area contributed by atoms with Gasteiger partial charge in [0.1, 0.15) is 5.78 Å². The number of carbonyl (C=O) groups excluding carboxylic acids is 2. The number of benzene rings is 1. The number of hydrogen-bond acceptors (Lipinski definition) is 6. The molecular weight excluding hydrogens is 440 g/mol. The van der Waals surface area contributed by atoms with Crippen molar-refractivity contribution in [3.05, 3.63) is 76.3 Å². The number of anilines is 1. The van der Waals surface area contributed by atoms with Crippen LogP contribution in [0.4, 0.5) is 11.5 Å². The Labute approximate surface area is 196 Å². The first-order valence-electron chi connectivity index (χ1n) is 11.0. The Hall–Kier alpha value is -3.29. The minimum atomic E-state index is -0.338. The van der Waals surface area contributed by atoms with Gasteiger partial charge in [0.2, 0.25) is 0 Å². The van der Waals surface area contributed by atoms with Gasteiger partial charge in [-0.1, -0.05) is 11.6 Å². The zero-order valence-corrected chi connectivity index (χ0v) is 18.7. The molecule has 8 heteroatoms. The van der Waals surface area contributed by atoms with Crippen molar-refractivity contribution < 1.29 is 14.0 Å². The summed E-state index contributed by atoms with van der Waals surface area (Å²) in [5, 5.41) is 6.65. The van der Waals surface area contributed by atoms with Crippen molar-refractivity contribution in [2.75, 3.05) is 18.4 Å². The van der Waals surface area contributed by atoms with Gasteiger partial charge in [-0.15, -0.1) is 0 Å². The van der Waals surface area contributed by atoms with Crippen molar-refractivity contribution in [2.24, 2.45) is 10.9 Å². The molecule has 33 heavy (non-hydrogen) atoms. The highest BCUT2D eigenvalue weighted by Gasteiger charge is 2.24. The lowest BCUT2D eigenvalue weighted by atomic mass is 9.90. The molecule has 0 bridgehead atoms. The van der Waals surface area contributed by atoms with Gasteiger partial charge in [0.05, 0.1) is 12.0 Å². The number of furan rings is 1. The Bertz CT molecular complexity index is 1230. The van der Waals surface area contributed by atoms with E-state index < -0.39 is 0 Å². The summed E-state index contributed by atoms with van der Waals surface area (Å²) in [4.78, 5) is 34.1. The van der Waals surface area contributed by atoms with E-state index in [1.165, 1.54) is 6.26 Å². The van der Waals surface area contributed by atoms with Crippen LogP contribution in [0.15, 0.2) is 58.3 Å². The Morgan fingerprint density at radius 2 is 2.03 bits per heavy atom. The SMILES string of the molecule is O=C(Nc1ccc(Cl)c(C2=Nc3ncc(CC(=O)C4CCNCC4)cc3C2)c1)c1ccco1. The predicted molar refractivity (Wildman–Crippen MR) is 127 cm³/mol. The lowest BCUT2D eigenvalue weighted by molar-refractivity contribution is -0.122. The molecule has 5 rings (SSSR count). The van der Waals surface area contributed by atoms with E-state index in [2.05, 4.69) is 20.6 Å². The number of fused-ring (bicyclic) bond motifs is 1. The monoisotopic (exact) mass is 462 g/mol. The second-order valence-electron chi connectivity index (χ2n) is 8.35. The van der Waals surface area contributed by atoms with Gasteiger partial charge in [-0.05, 0) is 67.9 Å². The molecule has 168 valence electrons. The first-order valence-corrected chi connectivity index (χ1v) is 11.4. The summed E-state index contributed by atoms with van der Waals surface area (Å²) >= 11 is 6.46. The molecule has 0 radical (unpaired) electrons. The minimum Gasteiger partial charge on any atom is -0.459 e. The Kier molecular flexibility index (Phi) is 6.07. The second kappa shape index (κ2) is 9.29. The molecular formula is C25H23ClN4O3. The van der Waals surface area contributed by atoms with Gasteiger partial charge in [0.15, 0.2) is 11.6 Å². The molecule has 0 spiro atoms. The van der Waals surface area contributed by atoms with Crippen LogP contribution in [0.2, 0.25) is 5.02 Å². The number of pyridine rings is 1. The molecule has 1 saturated heterocycles. The summed E-state index contributed by atoms with van der Waals surface area (Å²) in [7, 11) is 0. The van der Waals surface area contributed by atoms with Crippen LogP contribution in [0.25, 0.3) is 0 Å². The Balaban J connectivity index is 1.30. The smallest absolute Gasteiger partial charge is 0.291 e. The molecule has 3 aromatic rings. The quantitative estimate of drug-likeness (QED) is 0.567. The summed E-state index contributed by atoms with van der Waals surface area (Å²) in [6, 6.07) is 10.6. The summed E-state index contributed by atoms with van der Waals surface area (Å²) in [6.07, 6.45) is 5.95. The average molecular weight is 463 g/mol. The molecule has 2 N–H and O–H groups in total. The van der Waals surface area contributed by atoms with E-state index in [0.29, 0.717) is 29.4 Å². The molecule has 1 amide bonds. The van der Waals surface area contributed by atoms with Crippen LogP contribution in [0.5, 0.6) is 0 Å². The number of Topliss-reactive ketones (excluding diaryl/α,β-unsaturated/α-hetero) is 1. The number of carbonyl (C=O) groups is 2. The number of rotatable bonds is 6. The number of nitrogens with zero attached hydrogens (tertiary/aromatic N) is 2. The summed E-state index contributed by atoms with van der Waals surface area (Å²) < 4.78 is 5.14. The van der Waals surface area contributed by atoms with Crippen LogP contribution < -0.4 is 10.6 Å². The van der Waals surface area contributed by atoms with Crippen LogP contribution in [-0.2, 0) is 17.6 Å². The maximum absolute atomic E-state index is 12.7. The largest absolute Gasteiger partial charge is 0.459 e. The van der Waals surface area contributed by atoms with Crippen molar-refractivity contribution in [1.29, 1.82) is 0 Å². The molecule has 0 atom stereocenters. The fraction of sp³-hybridized carbons (Fsp3) is 0.280. The van der Waals surface area contributed by atoms with Gasteiger partial charge in [0.25, 0.3) is 5.91 Å². The minimum absolute atomic E-state index is 0.129. The highest BCUT2D eigenvalue weighted by atomic mass is 35.5. The third kappa shape index (κ3) is 4.74. The van der Waals surface area contributed by atoms with Gasteiger partial charge >= 0.3 is 0 Å². The standard InChI is InChI=1S/C25H23ClN4O3/c26-20-4-3-18(29-25(32)23-2-1-9-33-23)13-19(20)21-12-17-10-15(14-28-24(17)30-21)11-22(31)16-5-7-27-8-6-16/h1-4,9-10,13-14,16,27H,5-8,11-12H2,(H,29,32). The lowest BCUT2D eigenvalue weighted by Crippen LogP contribution is -2.32. The molecule has 2 aliphatic rings. The number of aromatic nitrogens is 1. The second-order valence-corrected chi connectivity index (χ2v) is 8.76. The topological polar surface area (TPSA) is 96.6 Å². The lowest BCUT2D eigenvalue weighted by Gasteiger charge is -2.21. The first kappa shape index (κ1) is 21.6. The zero-order chi connectivity index (χ0) is 22.8. The van der Waals surface area contributed by atoms with Crippen molar-refractivity contribution in [3.63, 3.8) is 0 Å². The van der Waals surface area contributed by atoms with E-state index in [1.807, 2.05) is 6.07 Å². The molecule has 7 nitrogen and oxygen atoms in total. The van der Waals surface area contributed by atoms with E-state index in [0.717, 1.165) is 48.3 Å². The van der Waals surface area contributed by atoms with Gasteiger partial charge in [0, 0.05) is 46.8 Å². The number of piperidine rings is 1. The van der Waals surface area contributed by atoms with Gasteiger partial charge < -0.3 is 15.1 Å². The Morgan fingerprint density at radius 3 is 2.82 bits per heavy atom. The van der Waals surface area contributed by atoms with E-state index in [1.54, 1.807) is 36.5 Å². The highest BCUT2D eigenvalue weighted by molar-refractivity contribution is 6.34. The van der Waals surface area contributed by atoms with Crippen LogP contribution in [0.3, 0.4) is 0 Å². The van der Waals surface area contributed by atoms with Crippen LogP contribution >= 0.6 is 11.6 Å². The van der Waals surface area contributed by atoms with Crippen molar-refractivity contribution in [1.82, 2.24) is 10.3 Å². The van der Waals surface area contributed by atoms with E-state index in [-0.39, 0.29) is 23.4 Å². The number of halogens is 1. The zero-order valence-electron chi connectivity index (χ0n) is 17.9. The third-order valence-electron chi connectivity index (χ3n) is 6.05. The number of hydrogen-bond donors (Lipinski definition) is 2. The highest BCUT2D eigenvalue weighted by Crippen LogP contribution is 2.31. The van der Waals surface area contributed by atoms with Gasteiger partial charge in [-0.2, -0.15) is 0 Å². The van der Waals surface area contributed by atoms with Crippen molar-refractivity contribution >= 4 is 40.5 Å². The summed E-state index contributed by atoms with van der Waals surface area (Å²) in [5.74, 6) is 0.941. The van der Waals surface area contributed by atoms with E-state index in [9.17, 15) is 9.59 Å². The predicted octanol–water partition coefficient (Wildman–Crippen LogP) is 4.37. The van der Waals surface area contributed by atoms with E-state index in [4.69, 9.17) is 16.0 Å². The number of aliphatic imine (C=N–C) groups is 1. The molecule has 1 fully saturated rings. The third-order valence-corrected chi connectivity index (χ3v) is 6.38. The van der Waals surface area contributed by atoms with Crippen LogP contribution in [0.1, 0.15) is 40.1 Å². The maximum atomic E-state index is 12.7. The fourth-order valence-electron chi connectivity index (χ4n) is 4.30. The molecule has 2 aliphatic heterocycles. The van der Waals surface area contributed by atoms with E-state index >= 15 is 0 Å². The number of ketones is 1. The number of amides is 1. The Morgan fingerprint density at radius 1 is 1.18 bits per heavy atom. The number of nitrogens with one attached hydrogen (secondary N) is 2. The van der Waals surface area contributed by atoms with Crippen molar-refractivity contribution in [3.8, 4) is 0 Å². The molecule has 0 aliphatic carbocycles. The first-order chi connectivity index (χ1) is 16.1. The summed E-state index contributed by atoms with van der Waals surface area (Å²) in [6.45, 7) is 1.80. The van der Waals surface area contributed by atoms with Gasteiger partial charge in [-0.25, -0.2) is 9.98 Å². The fourth-order valence-corrected chi connectivity index (χ4v) is 4.52. The van der Waals surface area contributed by atoms with Gasteiger partial charge in [-0.3, -0.25) is 9.59 Å². The molecule has 1 aromatic carbocycles.